The molecule has 2 aromatic carbocycles. The van der Waals surface area contributed by atoms with Crippen LogP contribution in [0.1, 0.15) is 24.4 Å². The van der Waals surface area contributed by atoms with E-state index < -0.39 is 12.1 Å². The number of rotatable bonds is 4. The van der Waals surface area contributed by atoms with Crippen LogP contribution in [0.15, 0.2) is 60.7 Å². The number of carbonyl (C=O) groups excluding carboxylic acids is 2. The van der Waals surface area contributed by atoms with Gasteiger partial charge in [0.15, 0.2) is 0 Å². The van der Waals surface area contributed by atoms with Gasteiger partial charge in [-0.05, 0) is 30.5 Å². The lowest BCUT2D eigenvalue weighted by Crippen LogP contribution is -2.54. The van der Waals surface area contributed by atoms with Gasteiger partial charge in [0.05, 0.1) is 0 Å². The van der Waals surface area contributed by atoms with Crippen LogP contribution in [0.25, 0.3) is 0 Å². The van der Waals surface area contributed by atoms with Crippen molar-refractivity contribution in [1.82, 2.24) is 4.90 Å². The number of benzene rings is 2. The largest absolute Gasteiger partial charge is 0.332 e. The summed E-state index contributed by atoms with van der Waals surface area (Å²) in [5.74, 6) is -0.284. The third-order valence-corrected chi connectivity index (χ3v) is 4.72. The number of carbonyl (C=O) groups is 2. The second-order valence-corrected chi connectivity index (χ2v) is 6.32. The van der Waals surface area contributed by atoms with Crippen molar-refractivity contribution in [3.63, 3.8) is 0 Å². The average molecular weight is 374 g/mol. The summed E-state index contributed by atoms with van der Waals surface area (Å²) in [5, 5.41) is 0. The van der Waals surface area contributed by atoms with E-state index in [-0.39, 0.29) is 24.2 Å². The van der Waals surface area contributed by atoms with E-state index in [1.54, 1.807) is 11.9 Å². The molecule has 0 spiro atoms. The number of nitrogens with two attached hydrogens (primary N) is 1. The molecular formula is C20H24ClN3O2. The highest BCUT2D eigenvalue weighted by Crippen LogP contribution is 2.24. The van der Waals surface area contributed by atoms with Gasteiger partial charge in [-0.25, -0.2) is 0 Å². The molecule has 0 aliphatic carbocycles. The van der Waals surface area contributed by atoms with E-state index in [0.717, 1.165) is 17.7 Å². The van der Waals surface area contributed by atoms with E-state index in [1.807, 2.05) is 60.7 Å². The Morgan fingerprint density at radius 2 is 1.69 bits per heavy atom. The van der Waals surface area contributed by atoms with Gasteiger partial charge < -0.3 is 15.5 Å². The topological polar surface area (TPSA) is 66.6 Å². The number of nitrogens with zero attached hydrogens (tertiary/aromatic N) is 2. The lowest BCUT2D eigenvalue weighted by molar-refractivity contribution is -0.140. The van der Waals surface area contributed by atoms with Gasteiger partial charge in [-0.15, -0.1) is 12.4 Å². The Kier molecular flexibility index (Phi) is 6.77. The van der Waals surface area contributed by atoms with Gasteiger partial charge in [0.2, 0.25) is 11.8 Å². The number of hydrogen-bond donors (Lipinski definition) is 1. The van der Waals surface area contributed by atoms with Crippen molar-refractivity contribution in [2.75, 3.05) is 18.5 Å². The summed E-state index contributed by atoms with van der Waals surface area (Å²) < 4.78 is 0. The molecule has 2 N–H and O–H groups in total. The Morgan fingerprint density at radius 1 is 1.12 bits per heavy atom. The summed E-state index contributed by atoms with van der Waals surface area (Å²) in [6, 6.07) is 17.6. The highest BCUT2D eigenvalue weighted by molar-refractivity contribution is 6.00. The second kappa shape index (κ2) is 8.83. The fraction of sp³-hybridized carbons (Fsp3) is 0.300. The summed E-state index contributed by atoms with van der Waals surface area (Å²) in [6.07, 6.45) is 1.51. The number of piperidine rings is 1. The van der Waals surface area contributed by atoms with Crippen molar-refractivity contribution in [1.29, 1.82) is 0 Å². The van der Waals surface area contributed by atoms with Crippen LogP contribution in [0.3, 0.4) is 0 Å². The molecule has 1 aliphatic heterocycles. The van der Waals surface area contributed by atoms with Crippen molar-refractivity contribution < 1.29 is 9.59 Å². The zero-order valence-electron chi connectivity index (χ0n) is 14.7. The van der Waals surface area contributed by atoms with Gasteiger partial charge >= 0.3 is 0 Å². The van der Waals surface area contributed by atoms with Gasteiger partial charge in [0, 0.05) is 19.3 Å². The predicted octanol–water partition coefficient (Wildman–Crippen LogP) is 2.76. The molecule has 1 aliphatic rings. The van der Waals surface area contributed by atoms with Crippen molar-refractivity contribution in [2.45, 2.75) is 24.9 Å². The number of amides is 2. The predicted molar refractivity (Wildman–Crippen MR) is 105 cm³/mol. The monoisotopic (exact) mass is 373 g/mol. The lowest BCUT2D eigenvalue weighted by atomic mass is 10.0. The number of para-hydroxylation sites is 1. The molecule has 0 aromatic heterocycles. The van der Waals surface area contributed by atoms with E-state index in [0.29, 0.717) is 13.0 Å². The fourth-order valence-corrected chi connectivity index (χ4v) is 3.26. The van der Waals surface area contributed by atoms with Crippen molar-refractivity contribution in [3.8, 4) is 0 Å². The minimum Gasteiger partial charge on any atom is -0.332 e. The average Bonchev–Trinajstić information content (AvgIpc) is 2.68. The summed E-state index contributed by atoms with van der Waals surface area (Å²) in [6.45, 7) is 0.673. The highest BCUT2D eigenvalue weighted by Gasteiger charge is 2.36. The minimum atomic E-state index is -0.758. The van der Waals surface area contributed by atoms with Crippen molar-refractivity contribution in [3.05, 3.63) is 66.2 Å². The maximum atomic E-state index is 12.9. The molecule has 1 fully saturated rings. The van der Waals surface area contributed by atoms with Gasteiger partial charge in [0.1, 0.15) is 12.1 Å². The van der Waals surface area contributed by atoms with Crippen LogP contribution in [0.2, 0.25) is 0 Å². The summed E-state index contributed by atoms with van der Waals surface area (Å²) in [7, 11) is 1.67. The van der Waals surface area contributed by atoms with Gasteiger partial charge in [-0.2, -0.15) is 0 Å². The first-order valence-corrected chi connectivity index (χ1v) is 8.53. The molecule has 3 rings (SSSR count). The van der Waals surface area contributed by atoms with Crippen LogP contribution in [-0.4, -0.2) is 36.3 Å². The first-order valence-electron chi connectivity index (χ1n) is 8.53. The third-order valence-electron chi connectivity index (χ3n) is 4.72. The first kappa shape index (κ1) is 19.9. The van der Waals surface area contributed by atoms with Crippen LogP contribution < -0.4 is 10.6 Å². The first-order chi connectivity index (χ1) is 12.1. The zero-order valence-corrected chi connectivity index (χ0v) is 15.6. The Balaban J connectivity index is 0.00000243. The summed E-state index contributed by atoms with van der Waals surface area (Å²) in [5.41, 5.74) is 7.74. The molecule has 0 bridgehead atoms. The summed E-state index contributed by atoms with van der Waals surface area (Å²) in [4.78, 5) is 28.9. The smallest absolute Gasteiger partial charge is 0.249 e. The maximum absolute atomic E-state index is 12.9. The molecule has 138 valence electrons. The van der Waals surface area contributed by atoms with E-state index in [1.165, 1.54) is 4.90 Å². The van der Waals surface area contributed by atoms with E-state index in [9.17, 15) is 9.59 Å². The Bertz CT molecular complexity index is 739. The molecule has 0 radical (unpaired) electrons. The fourth-order valence-electron chi connectivity index (χ4n) is 3.26. The molecule has 2 amide bonds. The SMILES string of the molecule is CN(C(=O)C(N)c1ccccc1)C1CCCN(c2ccccc2)C1=O.Cl. The van der Waals surface area contributed by atoms with Crippen LogP contribution >= 0.6 is 12.4 Å². The molecule has 2 unspecified atom stereocenters. The van der Waals surface area contributed by atoms with Crippen LogP contribution in [0.4, 0.5) is 5.69 Å². The normalized spacial score (nSPS) is 18.0. The van der Waals surface area contributed by atoms with Gasteiger partial charge in [-0.3, -0.25) is 9.59 Å². The zero-order chi connectivity index (χ0) is 17.8. The van der Waals surface area contributed by atoms with Gasteiger partial charge in [-0.1, -0.05) is 48.5 Å². The van der Waals surface area contributed by atoms with E-state index in [2.05, 4.69) is 0 Å². The highest BCUT2D eigenvalue weighted by atomic mass is 35.5. The number of halogens is 1. The molecule has 1 heterocycles. The molecule has 5 nitrogen and oxygen atoms in total. The van der Waals surface area contributed by atoms with Crippen molar-refractivity contribution >= 4 is 29.9 Å². The quantitative estimate of drug-likeness (QED) is 0.896. The standard InChI is InChI=1S/C20H23N3O2.ClH/c1-22(20(25)18(21)15-9-4-2-5-10-15)17-13-8-14-23(19(17)24)16-11-6-3-7-12-16;/h2-7,9-12,17-18H,8,13-14,21H2,1H3;1H. The lowest BCUT2D eigenvalue weighted by Gasteiger charge is -2.37. The van der Waals surface area contributed by atoms with Gasteiger partial charge in [0.25, 0.3) is 0 Å². The molecule has 6 heteroatoms. The molecular weight excluding hydrogens is 350 g/mol. The molecule has 1 saturated heterocycles. The Labute approximate surface area is 160 Å². The Morgan fingerprint density at radius 3 is 2.31 bits per heavy atom. The van der Waals surface area contributed by atoms with Crippen LogP contribution in [0.5, 0.6) is 0 Å². The number of likely N-dealkylation sites (N-methyl/N-ethyl adjacent to an activating group) is 1. The minimum absolute atomic E-state index is 0. The van der Waals surface area contributed by atoms with Crippen molar-refractivity contribution in [2.24, 2.45) is 5.73 Å². The number of anilines is 1. The van der Waals surface area contributed by atoms with Crippen LogP contribution in [0, 0.1) is 0 Å². The van der Waals surface area contributed by atoms with Crippen LogP contribution in [-0.2, 0) is 9.59 Å². The second-order valence-electron chi connectivity index (χ2n) is 6.32. The molecule has 0 saturated carbocycles. The molecule has 2 atom stereocenters. The van der Waals surface area contributed by atoms with E-state index in [4.69, 9.17) is 5.73 Å². The van der Waals surface area contributed by atoms with E-state index >= 15 is 0 Å². The molecule has 2 aromatic rings. The molecule has 26 heavy (non-hydrogen) atoms. The third kappa shape index (κ3) is 4.06. The Hall–Kier alpha value is -2.37. The summed E-state index contributed by atoms with van der Waals surface area (Å²) >= 11 is 0. The number of hydrogen-bond acceptors (Lipinski definition) is 3. The maximum Gasteiger partial charge on any atom is 0.249 e.